The number of hydrogen-bond acceptors (Lipinski definition) is 6. The largest absolute Gasteiger partial charge is 0.496 e. The van der Waals surface area contributed by atoms with Crippen molar-refractivity contribution in [2.45, 2.75) is 39.2 Å². The maximum absolute atomic E-state index is 12.7. The molecule has 156 valence electrons. The number of methoxy groups -OCH3 is 1. The topological polar surface area (TPSA) is 90.9 Å². The van der Waals surface area contributed by atoms with Gasteiger partial charge in [-0.05, 0) is 43.7 Å². The van der Waals surface area contributed by atoms with Crippen molar-refractivity contribution in [2.24, 2.45) is 0 Å². The van der Waals surface area contributed by atoms with E-state index in [1.54, 1.807) is 21.0 Å². The number of nitrogens with one attached hydrogen (secondary N) is 1. The fourth-order valence-corrected chi connectivity index (χ4v) is 3.31. The Morgan fingerprint density at radius 1 is 0.931 bits per heavy atom. The molecule has 29 heavy (non-hydrogen) atoms. The molecule has 0 aromatic heterocycles. The van der Waals surface area contributed by atoms with Gasteiger partial charge in [-0.1, -0.05) is 30.3 Å². The normalized spacial score (nSPS) is 11.0. The smallest absolute Gasteiger partial charge is 0.343 e. The Morgan fingerprint density at radius 2 is 1.52 bits per heavy atom. The molecular weight excluding hydrogens is 374 g/mol. The molecule has 7 heteroatoms. The predicted octanol–water partition coefficient (Wildman–Crippen LogP) is 2.78. The van der Waals surface area contributed by atoms with Crippen LogP contribution < -0.4 is 10.1 Å². The molecule has 2 rings (SSSR count). The number of ether oxygens (including phenoxy) is 3. The van der Waals surface area contributed by atoms with Gasteiger partial charge >= 0.3 is 11.9 Å². The Kier molecular flexibility index (Phi) is 7.59. The number of aryl methyl sites for hydroxylation is 1. The first-order valence-corrected chi connectivity index (χ1v) is 9.57. The van der Waals surface area contributed by atoms with Crippen molar-refractivity contribution >= 4 is 28.6 Å². The number of benzene rings is 2. The number of hydrogen-bond donors (Lipinski definition) is 1. The third-order valence-corrected chi connectivity index (χ3v) is 4.60. The Balaban J connectivity index is 2.46. The van der Waals surface area contributed by atoms with Gasteiger partial charge in [-0.3, -0.25) is 4.79 Å². The molecule has 1 amide bonds. The highest BCUT2D eigenvalue weighted by Gasteiger charge is 2.49. The lowest BCUT2D eigenvalue weighted by Gasteiger charge is -2.29. The van der Waals surface area contributed by atoms with Crippen molar-refractivity contribution in [1.29, 1.82) is 0 Å². The van der Waals surface area contributed by atoms with Crippen LogP contribution in [0.25, 0.3) is 10.8 Å². The lowest BCUT2D eigenvalue weighted by atomic mass is 9.89. The molecule has 0 aliphatic heterocycles. The summed E-state index contributed by atoms with van der Waals surface area (Å²) in [5, 5.41) is 4.35. The summed E-state index contributed by atoms with van der Waals surface area (Å²) in [6, 6.07) is 11.4. The van der Waals surface area contributed by atoms with Crippen LogP contribution in [0.5, 0.6) is 5.75 Å². The van der Waals surface area contributed by atoms with Gasteiger partial charge in [0.2, 0.25) is 11.4 Å². The van der Waals surface area contributed by atoms with E-state index in [1.807, 2.05) is 36.4 Å². The van der Waals surface area contributed by atoms with Crippen LogP contribution in [-0.2, 0) is 30.3 Å². The highest BCUT2D eigenvalue weighted by atomic mass is 16.6. The van der Waals surface area contributed by atoms with Crippen LogP contribution >= 0.6 is 0 Å². The summed E-state index contributed by atoms with van der Waals surface area (Å²) in [7, 11) is 1.60. The highest BCUT2D eigenvalue weighted by Crippen LogP contribution is 2.30. The fourth-order valence-electron chi connectivity index (χ4n) is 3.31. The minimum absolute atomic E-state index is 0.000565. The van der Waals surface area contributed by atoms with E-state index >= 15 is 0 Å². The van der Waals surface area contributed by atoms with E-state index in [0.29, 0.717) is 6.42 Å². The Labute approximate surface area is 170 Å². The molecule has 0 spiro atoms. The standard InChI is InChI=1S/C22H27NO6/c1-5-28-20(25)22(23-15(3)24,21(26)29-6-2)14-13-16-11-12-19(27-4)18-10-8-7-9-17(16)18/h7-12H,5-6,13-14H2,1-4H3,(H,23,24). The molecule has 2 aromatic carbocycles. The number of fused-ring (bicyclic) bond motifs is 1. The van der Waals surface area contributed by atoms with E-state index in [4.69, 9.17) is 14.2 Å². The van der Waals surface area contributed by atoms with Crippen LogP contribution in [0.15, 0.2) is 36.4 Å². The van der Waals surface area contributed by atoms with Gasteiger partial charge in [0.05, 0.1) is 20.3 Å². The minimum Gasteiger partial charge on any atom is -0.496 e. The molecular formula is C22H27NO6. The van der Waals surface area contributed by atoms with Crippen LogP contribution in [0, 0.1) is 0 Å². The van der Waals surface area contributed by atoms with Crippen LogP contribution in [0.4, 0.5) is 0 Å². The summed E-state index contributed by atoms with van der Waals surface area (Å²) in [4.78, 5) is 37.3. The van der Waals surface area contributed by atoms with Gasteiger partial charge in [0.25, 0.3) is 0 Å². The third kappa shape index (κ3) is 4.85. The van der Waals surface area contributed by atoms with E-state index in [0.717, 1.165) is 22.1 Å². The Bertz CT molecular complexity index is 874. The maximum atomic E-state index is 12.7. The third-order valence-electron chi connectivity index (χ3n) is 4.60. The van der Waals surface area contributed by atoms with Gasteiger partial charge in [-0.2, -0.15) is 0 Å². The van der Waals surface area contributed by atoms with Gasteiger partial charge in [-0.15, -0.1) is 0 Å². The maximum Gasteiger partial charge on any atom is 0.343 e. The molecule has 2 aromatic rings. The van der Waals surface area contributed by atoms with Gasteiger partial charge in [0.1, 0.15) is 5.75 Å². The second-order valence-electron chi connectivity index (χ2n) is 6.50. The zero-order valence-electron chi connectivity index (χ0n) is 17.2. The van der Waals surface area contributed by atoms with Gasteiger partial charge < -0.3 is 19.5 Å². The number of amides is 1. The molecule has 0 aliphatic rings. The number of carbonyl (C=O) groups excluding carboxylic acids is 3. The first-order valence-electron chi connectivity index (χ1n) is 9.57. The van der Waals surface area contributed by atoms with E-state index in [9.17, 15) is 14.4 Å². The zero-order valence-corrected chi connectivity index (χ0v) is 17.2. The molecule has 1 N–H and O–H groups in total. The van der Waals surface area contributed by atoms with Crippen molar-refractivity contribution in [3.63, 3.8) is 0 Å². The van der Waals surface area contributed by atoms with E-state index < -0.39 is 23.4 Å². The molecule has 0 atom stereocenters. The minimum atomic E-state index is -1.90. The van der Waals surface area contributed by atoms with E-state index in [2.05, 4.69) is 5.32 Å². The number of carbonyl (C=O) groups is 3. The van der Waals surface area contributed by atoms with E-state index in [-0.39, 0.29) is 19.6 Å². The molecule has 7 nitrogen and oxygen atoms in total. The van der Waals surface area contributed by atoms with Crippen LogP contribution in [0.1, 0.15) is 32.8 Å². The van der Waals surface area contributed by atoms with Crippen molar-refractivity contribution < 1.29 is 28.6 Å². The monoisotopic (exact) mass is 401 g/mol. The summed E-state index contributed by atoms with van der Waals surface area (Å²) >= 11 is 0. The van der Waals surface area contributed by atoms with Crippen molar-refractivity contribution in [2.75, 3.05) is 20.3 Å². The summed E-state index contributed by atoms with van der Waals surface area (Å²) in [6.45, 7) is 4.67. The summed E-state index contributed by atoms with van der Waals surface area (Å²) < 4.78 is 15.6. The van der Waals surface area contributed by atoms with Crippen LogP contribution in [0.3, 0.4) is 0 Å². The second-order valence-corrected chi connectivity index (χ2v) is 6.50. The molecule has 0 bridgehead atoms. The van der Waals surface area contributed by atoms with Crippen molar-refractivity contribution in [3.8, 4) is 5.75 Å². The lowest BCUT2D eigenvalue weighted by molar-refractivity contribution is -0.168. The highest BCUT2D eigenvalue weighted by molar-refractivity contribution is 6.07. The molecule has 0 saturated heterocycles. The molecule has 0 fully saturated rings. The average Bonchev–Trinajstić information content (AvgIpc) is 2.70. The van der Waals surface area contributed by atoms with Crippen molar-refractivity contribution in [3.05, 3.63) is 42.0 Å². The summed E-state index contributed by atoms with van der Waals surface area (Å²) in [5.41, 5.74) is -0.997. The fraction of sp³-hybridized carbons (Fsp3) is 0.409. The lowest BCUT2D eigenvalue weighted by Crippen LogP contribution is -2.61. The van der Waals surface area contributed by atoms with Crippen LogP contribution in [0.2, 0.25) is 0 Å². The van der Waals surface area contributed by atoms with E-state index in [1.165, 1.54) is 6.92 Å². The Hall–Kier alpha value is -3.09. The van der Waals surface area contributed by atoms with Crippen molar-refractivity contribution in [1.82, 2.24) is 5.32 Å². The molecule has 0 unspecified atom stereocenters. The molecule has 0 radical (unpaired) electrons. The Morgan fingerprint density at radius 3 is 2.03 bits per heavy atom. The summed E-state index contributed by atoms with van der Waals surface area (Å²) in [6.07, 6.45) is 0.336. The SMILES string of the molecule is CCOC(=O)C(CCc1ccc(OC)c2ccccc12)(NC(C)=O)C(=O)OCC. The predicted molar refractivity (Wildman–Crippen MR) is 109 cm³/mol. The molecule has 0 heterocycles. The molecule has 0 aliphatic carbocycles. The average molecular weight is 401 g/mol. The van der Waals surface area contributed by atoms with Gasteiger partial charge in [0, 0.05) is 12.3 Å². The first-order chi connectivity index (χ1) is 13.9. The number of rotatable bonds is 9. The van der Waals surface area contributed by atoms with Crippen LogP contribution in [-0.4, -0.2) is 43.7 Å². The zero-order chi connectivity index (χ0) is 21.4. The summed E-state index contributed by atoms with van der Waals surface area (Å²) in [5.74, 6) is -1.45. The number of esters is 2. The molecule has 0 saturated carbocycles. The quantitative estimate of drug-likeness (QED) is 0.513. The first kappa shape index (κ1) is 22.2. The second kappa shape index (κ2) is 9.91. The van der Waals surface area contributed by atoms with Gasteiger partial charge in [-0.25, -0.2) is 9.59 Å². The van der Waals surface area contributed by atoms with Gasteiger partial charge in [0.15, 0.2) is 0 Å².